The quantitative estimate of drug-likeness (QED) is 0.566. The van der Waals surface area contributed by atoms with Crippen molar-refractivity contribution in [3.63, 3.8) is 0 Å². The zero-order valence-electron chi connectivity index (χ0n) is 15.5. The number of halogens is 1. The van der Waals surface area contributed by atoms with E-state index in [1.807, 2.05) is 0 Å². The Kier molecular flexibility index (Phi) is 4.82. The molecule has 0 aliphatic heterocycles. The summed E-state index contributed by atoms with van der Waals surface area (Å²) in [6.45, 7) is -0.202. The van der Waals surface area contributed by atoms with E-state index in [4.69, 9.17) is 4.74 Å². The summed E-state index contributed by atoms with van der Waals surface area (Å²) in [4.78, 5) is 29.9. The average molecular weight is 392 g/mol. The summed E-state index contributed by atoms with van der Waals surface area (Å²) >= 11 is 0. The number of imidazole rings is 1. The number of ether oxygens (including phenoxy) is 1. The van der Waals surface area contributed by atoms with E-state index in [0.29, 0.717) is 28.3 Å². The molecule has 4 aromatic rings. The summed E-state index contributed by atoms with van der Waals surface area (Å²) < 4.78 is 21.1. The van der Waals surface area contributed by atoms with Crippen LogP contribution in [0.15, 0.2) is 71.7 Å². The van der Waals surface area contributed by atoms with Crippen molar-refractivity contribution in [1.29, 1.82) is 0 Å². The molecule has 1 N–H and O–H groups in total. The van der Waals surface area contributed by atoms with Crippen LogP contribution in [0.3, 0.4) is 0 Å². The molecule has 0 aliphatic carbocycles. The van der Waals surface area contributed by atoms with Crippen molar-refractivity contribution in [1.82, 2.24) is 14.1 Å². The predicted molar refractivity (Wildman–Crippen MR) is 107 cm³/mol. The molecule has 0 atom stereocenters. The number of carbonyl (C=O) groups is 1. The molecule has 0 saturated heterocycles. The number of pyridine rings is 1. The fourth-order valence-corrected chi connectivity index (χ4v) is 3.11. The first-order valence-corrected chi connectivity index (χ1v) is 8.83. The summed E-state index contributed by atoms with van der Waals surface area (Å²) in [5.74, 6) is -0.171. The van der Waals surface area contributed by atoms with Gasteiger partial charge in [-0.05, 0) is 48.5 Å². The zero-order chi connectivity index (χ0) is 20.4. The van der Waals surface area contributed by atoms with E-state index in [2.05, 4.69) is 10.3 Å². The van der Waals surface area contributed by atoms with Crippen molar-refractivity contribution in [3.8, 4) is 11.4 Å². The predicted octanol–water partition coefficient (Wildman–Crippen LogP) is 2.97. The van der Waals surface area contributed by atoms with Crippen molar-refractivity contribution in [2.24, 2.45) is 0 Å². The molecule has 2 aromatic carbocycles. The lowest BCUT2D eigenvalue weighted by molar-refractivity contribution is -0.116. The van der Waals surface area contributed by atoms with Gasteiger partial charge < -0.3 is 10.1 Å². The van der Waals surface area contributed by atoms with Crippen LogP contribution in [0.5, 0.6) is 5.75 Å². The van der Waals surface area contributed by atoms with Crippen molar-refractivity contribution in [2.45, 2.75) is 6.54 Å². The monoisotopic (exact) mass is 392 g/mol. The number of anilines is 1. The van der Waals surface area contributed by atoms with Gasteiger partial charge in [-0.15, -0.1) is 0 Å². The Labute approximate surface area is 165 Å². The number of hydrogen-bond donors (Lipinski definition) is 1. The number of rotatable bonds is 5. The largest absolute Gasteiger partial charge is 0.497 e. The van der Waals surface area contributed by atoms with E-state index < -0.39 is 11.5 Å². The second-order valence-corrected chi connectivity index (χ2v) is 6.31. The van der Waals surface area contributed by atoms with Crippen LogP contribution in [-0.2, 0) is 11.3 Å². The standard InChI is InChI=1S/C21H17FN4O3/c1-29-17-5-2-4-15(12-17)24-19(27)13-25-18-6-3-11-23-20(18)26(21(25)28)16-9-7-14(22)8-10-16/h2-12H,13H2,1H3,(H,24,27). The first-order chi connectivity index (χ1) is 14.1. The first-order valence-electron chi connectivity index (χ1n) is 8.83. The lowest BCUT2D eigenvalue weighted by atomic mass is 10.3. The van der Waals surface area contributed by atoms with Crippen LogP contribution in [0.2, 0.25) is 0 Å². The summed E-state index contributed by atoms with van der Waals surface area (Å²) in [6.07, 6.45) is 1.56. The molecule has 0 spiro atoms. The number of nitrogens with zero attached hydrogens (tertiary/aromatic N) is 3. The molecule has 0 saturated carbocycles. The van der Waals surface area contributed by atoms with E-state index in [9.17, 15) is 14.0 Å². The van der Waals surface area contributed by atoms with Crippen molar-refractivity contribution in [2.75, 3.05) is 12.4 Å². The number of nitrogens with one attached hydrogen (secondary N) is 1. The van der Waals surface area contributed by atoms with Crippen molar-refractivity contribution < 1.29 is 13.9 Å². The van der Waals surface area contributed by atoms with Crippen LogP contribution in [-0.4, -0.2) is 27.1 Å². The summed E-state index contributed by atoms with van der Waals surface area (Å²) in [7, 11) is 1.54. The molecule has 29 heavy (non-hydrogen) atoms. The molecule has 0 unspecified atom stereocenters. The van der Waals surface area contributed by atoms with Gasteiger partial charge in [0.05, 0.1) is 18.3 Å². The zero-order valence-corrected chi connectivity index (χ0v) is 15.5. The van der Waals surface area contributed by atoms with Crippen LogP contribution < -0.4 is 15.7 Å². The summed E-state index contributed by atoms with van der Waals surface area (Å²) in [5.41, 5.74) is 1.47. The number of benzene rings is 2. The van der Waals surface area contributed by atoms with Gasteiger partial charge in [-0.2, -0.15) is 0 Å². The fourth-order valence-electron chi connectivity index (χ4n) is 3.11. The number of methoxy groups -OCH3 is 1. The highest BCUT2D eigenvalue weighted by Crippen LogP contribution is 2.18. The minimum absolute atomic E-state index is 0.202. The van der Waals surface area contributed by atoms with Crippen molar-refractivity contribution >= 4 is 22.8 Å². The van der Waals surface area contributed by atoms with Gasteiger partial charge in [-0.3, -0.25) is 9.36 Å². The van der Waals surface area contributed by atoms with Gasteiger partial charge in [0.2, 0.25) is 5.91 Å². The van der Waals surface area contributed by atoms with Crippen LogP contribution in [0.4, 0.5) is 10.1 Å². The van der Waals surface area contributed by atoms with Crippen LogP contribution in [0.1, 0.15) is 0 Å². The Morgan fingerprint density at radius 2 is 1.93 bits per heavy atom. The molecule has 2 aromatic heterocycles. The second-order valence-electron chi connectivity index (χ2n) is 6.31. The second kappa shape index (κ2) is 7.59. The van der Waals surface area contributed by atoms with E-state index in [1.54, 1.807) is 42.6 Å². The first kappa shape index (κ1) is 18.4. The van der Waals surface area contributed by atoms with Gasteiger partial charge in [-0.1, -0.05) is 6.07 Å². The van der Waals surface area contributed by atoms with Gasteiger partial charge in [-0.25, -0.2) is 18.7 Å². The minimum Gasteiger partial charge on any atom is -0.497 e. The molecule has 1 amide bonds. The summed E-state index contributed by atoms with van der Waals surface area (Å²) in [5, 5.41) is 2.76. The Morgan fingerprint density at radius 1 is 1.14 bits per heavy atom. The van der Waals surface area contributed by atoms with Crippen LogP contribution in [0.25, 0.3) is 16.9 Å². The SMILES string of the molecule is COc1cccc(NC(=O)Cn2c(=O)n(-c3ccc(F)cc3)c3ncccc32)c1. The number of hydrogen-bond acceptors (Lipinski definition) is 4. The number of carbonyl (C=O) groups excluding carboxylic acids is 1. The topological polar surface area (TPSA) is 78.1 Å². The molecule has 7 nitrogen and oxygen atoms in total. The average Bonchev–Trinajstić information content (AvgIpc) is 3.00. The van der Waals surface area contributed by atoms with E-state index >= 15 is 0 Å². The van der Waals surface area contributed by atoms with Crippen LogP contribution >= 0.6 is 0 Å². The number of aromatic nitrogens is 3. The Morgan fingerprint density at radius 3 is 2.69 bits per heavy atom. The smallest absolute Gasteiger partial charge is 0.335 e. The molecule has 0 fully saturated rings. The molecule has 2 heterocycles. The normalized spacial score (nSPS) is 10.8. The maximum Gasteiger partial charge on any atom is 0.335 e. The van der Waals surface area contributed by atoms with Gasteiger partial charge >= 0.3 is 5.69 Å². The lowest BCUT2D eigenvalue weighted by Gasteiger charge is -2.07. The van der Waals surface area contributed by atoms with Crippen molar-refractivity contribution in [3.05, 3.63) is 83.2 Å². The molecule has 0 aliphatic rings. The Bertz CT molecular complexity index is 1250. The highest BCUT2D eigenvalue weighted by Gasteiger charge is 2.17. The summed E-state index contributed by atoms with van der Waals surface area (Å²) in [6, 6.07) is 15.9. The number of amides is 1. The molecular formula is C21H17FN4O3. The molecule has 4 rings (SSSR count). The highest BCUT2D eigenvalue weighted by atomic mass is 19.1. The van der Waals surface area contributed by atoms with Gasteiger partial charge in [0, 0.05) is 18.0 Å². The Hall–Kier alpha value is -3.94. The molecule has 0 radical (unpaired) electrons. The van der Waals surface area contributed by atoms with Gasteiger partial charge in [0.25, 0.3) is 0 Å². The molecule has 8 heteroatoms. The third-order valence-corrected chi connectivity index (χ3v) is 4.43. The maximum absolute atomic E-state index is 13.3. The molecule has 0 bridgehead atoms. The third-order valence-electron chi connectivity index (χ3n) is 4.43. The minimum atomic E-state index is -0.439. The number of fused-ring (bicyclic) bond motifs is 1. The van der Waals surface area contributed by atoms with Gasteiger partial charge in [0.15, 0.2) is 5.65 Å². The Balaban J connectivity index is 1.70. The third kappa shape index (κ3) is 3.60. The molecule has 146 valence electrons. The fraction of sp³-hybridized carbons (Fsp3) is 0.0952. The van der Waals surface area contributed by atoms with Crippen LogP contribution in [0, 0.1) is 5.82 Å². The molecular weight excluding hydrogens is 375 g/mol. The van der Waals surface area contributed by atoms with E-state index in [1.165, 1.54) is 40.5 Å². The highest BCUT2D eigenvalue weighted by molar-refractivity contribution is 5.91. The van der Waals surface area contributed by atoms with E-state index in [0.717, 1.165) is 0 Å². The lowest BCUT2D eigenvalue weighted by Crippen LogP contribution is -2.28. The van der Waals surface area contributed by atoms with E-state index in [-0.39, 0.29) is 12.5 Å². The van der Waals surface area contributed by atoms with Gasteiger partial charge in [0.1, 0.15) is 18.1 Å². The maximum atomic E-state index is 13.3.